The van der Waals surface area contributed by atoms with Gasteiger partial charge in [0, 0.05) is 10.6 Å². The van der Waals surface area contributed by atoms with Crippen molar-refractivity contribution in [2.24, 2.45) is 0 Å². The molecule has 1 heterocycles. The zero-order valence-electron chi connectivity index (χ0n) is 10.5. The first-order valence-corrected chi connectivity index (χ1v) is 6.46. The maximum atomic E-state index is 13.1. The van der Waals surface area contributed by atoms with E-state index < -0.39 is 0 Å². The third kappa shape index (κ3) is 2.88. The molecule has 19 heavy (non-hydrogen) atoms. The number of halogens is 1. The lowest BCUT2D eigenvalue weighted by atomic mass is 10.2. The molecular formula is C14H12FNO2S. The zero-order valence-corrected chi connectivity index (χ0v) is 11.3. The molecule has 0 aliphatic rings. The standard InChI is InChI=1S/C14H12FNO2S/c1-8-5-10(3-4-13(8)15)16-14(18)12-6-11(7-17)19-9(12)2/h3-7H,1-2H3,(H,16,18). The van der Waals surface area contributed by atoms with Crippen LogP contribution in [0.15, 0.2) is 24.3 Å². The molecule has 5 heteroatoms. The molecule has 1 aromatic carbocycles. The summed E-state index contributed by atoms with van der Waals surface area (Å²) in [5.74, 6) is -0.610. The van der Waals surface area contributed by atoms with Crippen LogP contribution in [0.3, 0.4) is 0 Å². The number of aldehydes is 1. The molecule has 98 valence electrons. The Labute approximate surface area is 114 Å². The van der Waals surface area contributed by atoms with Gasteiger partial charge in [0.05, 0.1) is 10.4 Å². The van der Waals surface area contributed by atoms with Gasteiger partial charge < -0.3 is 5.32 Å². The smallest absolute Gasteiger partial charge is 0.256 e. The first kappa shape index (κ1) is 13.4. The van der Waals surface area contributed by atoms with Gasteiger partial charge in [-0.3, -0.25) is 9.59 Å². The largest absolute Gasteiger partial charge is 0.322 e. The van der Waals surface area contributed by atoms with Gasteiger partial charge in [-0.15, -0.1) is 11.3 Å². The van der Waals surface area contributed by atoms with Crippen LogP contribution in [0.1, 0.15) is 30.5 Å². The molecule has 2 rings (SSSR count). The van der Waals surface area contributed by atoms with E-state index in [-0.39, 0.29) is 11.7 Å². The summed E-state index contributed by atoms with van der Waals surface area (Å²) in [5.41, 5.74) is 1.46. The monoisotopic (exact) mass is 277 g/mol. The number of benzene rings is 1. The summed E-state index contributed by atoms with van der Waals surface area (Å²) in [7, 11) is 0. The van der Waals surface area contributed by atoms with Crippen LogP contribution in [0.25, 0.3) is 0 Å². The van der Waals surface area contributed by atoms with E-state index >= 15 is 0 Å². The molecule has 0 fully saturated rings. The van der Waals surface area contributed by atoms with Crippen molar-refractivity contribution >= 4 is 29.2 Å². The van der Waals surface area contributed by atoms with E-state index in [4.69, 9.17) is 0 Å². The Hall–Kier alpha value is -2.01. The molecule has 3 nitrogen and oxygen atoms in total. The van der Waals surface area contributed by atoms with E-state index in [2.05, 4.69) is 5.32 Å². The number of carbonyl (C=O) groups is 2. The average Bonchev–Trinajstić information content (AvgIpc) is 2.75. The maximum absolute atomic E-state index is 13.1. The molecule has 0 atom stereocenters. The van der Waals surface area contributed by atoms with E-state index in [1.165, 1.54) is 23.5 Å². The van der Waals surface area contributed by atoms with Gasteiger partial charge in [-0.1, -0.05) is 0 Å². The lowest BCUT2D eigenvalue weighted by molar-refractivity contribution is 0.102. The summed E-state index contributed by atoms with van der Waals surface area (Å²) in [5, 5.41) is 2.69. The van der Waals surface area contributed by atoms with Gasteiger partial charge in [0.1, 0.15) is 5.82 Å². The first-order chi connectivity index (χ1) is 9.01. The molecule has 0 bridgehead atoms. The van der Waals surface area contributed by atoms with Crippen molar-refractivity contribution in [2.45, 2.75) is 13.8 Å². The number of thiophene rings is 1. The molecule has 0 saturated heterocycles. The number of carbonyl (C=O) groups excluding carboxylic acids is 2. The van der Waals surface area contributed by atoms with E-state index in [1.54, 1.807) is 26.0 Å². The summed E-state index contributed by atoms with van der Waals surface area (Å²) in [6, 6.07) is 5.93. The highest BCUT2D eigenvalue weighted by Crippen LogP contribution is 2.22. The van der Waals surface area contributed by atoms with Crippen LogP contribution in [0, 0.1) is 19.7 Å². The first-order valence-electron chi connectivity index (χ1n) is 5.64. The molecule has 2 aromatic rings. The van der Waals surface area contributed by atoms with E-state index in [0.717, 1.165) is 11.2 Å². The summed E-state index contributed by atoms with van der Waals surface area (Å²) in [4.78, 5) is 24.0. The summed E-state index contributed by atoms with van der Waals surface area (Å²) in [6.07, 6.45) is 0.719. The van der Waals surface area contributed by atoms with E-state index in [1.807, 2.05) is 0 Å². The van der Waals surface area contributed by atoms with Crippen molar-refractivity contribution in [3.05, 3.63) is 51.0 Å². The Morgan fingerprint density at radius 2 is 2.05 bits per heavy atom. The molecule has 0 aliphatic heterocycles. The molecule has 0 saturated carbocycles. The number of anilines is 1. The summed E-state index contributed by atoms with van der Waals surface area (Å²) >= 11 is 1.27. The Morgan fingerprint density at radius 3 is 2.63 bits per heavy atom. The molecule has 0 aliphatic carbocycles. The van der Waals surface area contributed by atoms with Crippen LogP contribution in [0.5, 0.6) is 0 Å². The molecule has 1 N–H and O–H groups in total. The van der Waals surface area contributed by atoms with Gasteiger partial charge >= 0.3 is 0 Å². The second kappa shape index (κ2) is 5.32. The Morgan fingerprint density at radius 1 is 1.32 bits per heavy atom. The second-order valence-corrected chi connectivity index (χ2v) is 5.44. The third-order valence-electron chi connectivity index (χ3n) is 2.71. The highest BCUT2D eigenvalue weighted by Gasteiger charge is 2.13. The highest BCUT2D eigenvalue weighted by atomic mass is 32.1. The van der Waals surface area contributed by atoms with Crippen molar-refractivity contribution in [1.29, 1.82) is 0 Å². The highest BCUT2D eigenvalue weighted by molar-refractivity contribution is 7.14. The maximum Gasteiger partial charge on any atom is 0.256 e. The number of aryl methyl sites for hydroxylation is 2. The van der Waals surface area contributed by atoms with Gasteiger partial charge in [0.2, 0.25) is 0 Å². The van der Waals surface area contributed by atoms with Crippen molar-refractivity contribution in [3.8, 4) is 0 Å². The van der Waals surface area contributed by atoms with Crippen molar-refractivity contribution in [2.75, 3.05) is 5.32 Å². The van der Waals surface area contributed by atoms with Crippen LogP contribution in [-0.2, 0) is 0 Å². The fraction of sp³-hybridized carbons (Fsp3) is 0.143. The third-order valence-corrected chi connectivity index (χ3v) is 3.69. The Balaban J connectivity index is 2.22. The Kier molecular flexibility index (Phi) is 3.76. The summed E-state index contributed by atoms with van der Waals surface area (Å²) < 4.78 is 13.1. The molecule has 0 spiro atoms. The zero-order chi connectivity index (χ0) is 14.0. The fourth-order valence-electron chi connectivity index (χ4n) is 1.71. The van der Waals surface area contributed by atoms with Gasteiger partial charge in [-0.05, 0) is 43.7 Å². The predicted octanol–water partition coefficient (Wildman–Crippen LogP) is 3.57. The van der Waals surface area contributed by atoms with Crippen LogP contribution in [0.4, 0.5) is 10.1 Å². The molecule has 1 amide bonds. The van der Waals surface area contributed by atoms with Crippen LogP contribution in [-0.4, -0.2) is 12.2 Å². The molecular weight excluding hydrogens is 265 g/mol. The number of amides is 1. The van der Waals surface area contributed by atoms with Gasteiger partial charge in [0.25, 0.3) is 5.91 Å². The lowest BCUT2D eigenvalue weighted by Gasteiger charge is -2.06. The molecule has 0 radical (unpaired) electrons. The Bertz CT molecular complexity index is 649. The quantitative estimate of drug-likeness (QED) is 0.872. The second-order valence-electron chi connectivity index (χ2n) is 4.15. The SMILES string of the molecule is Cc1cc(NC(=O)c2cc(C=O)sc2C)ccc1F. The predicted molar refractivity (Wildman–Crippen MR) is 73.5 cm³/mol. The lowest BCUT2D eigenvalue weighted by Crippen LogP contribution is -2.12. The van der Waals surface area contributed by atoms with Gasteiger partial charge in [0.15, 0.2) is 6.29 Å². The van der Waals surface area contributed by atoms with Crippen LogP contribution in [0.2, 0.25) is 0 Å². The summed E-state index contributed by atoms with van der Waals surface area (Å²) in [6.45, 7) is 3.41. The van der Waals surface area contributed by atoms with Gasteiger partial charge in [-0.25, -0.2) is 4.39 Å². The van der Waals surface area contributed by atoms with Crippen molar-refractivity contribution in [3.63, 3.8) is 0 Å². The van der Waals surface area contributed by atoms with Gasteiger partial charge in [-0.2, -0.15) is 0 Å². The number of hydrogen-bond donors (Lipinski definition) is 1. The number of nitrogens with one attached hydrogen (secondary N) is 1. The van der Waals surface area contributed by atoms with E-state index in [0.29, 0.717) is 21.7 Å². The minimum atomic E-state index is -0.312. The van der Waals surface area contributed by atoms with E-state index in [9.17, 15) is 14.0 Å². The number of rotatable bonds is 3. The van der Waals surface area contributed by atoms with Crippen molar-refractivity contribution in [1.82, 2.24) is 0 Å². The minimum Gasteiger partial charge on any atom is -0.322 e. The van der Waals surface area contributed by atoms with Crippen LogP contribution < -0.4 is 5.32 Å². The minimum absolute atomic E-state index is 0.298. The molecule has 1 aromatic heterocycles. The fourth-order valence-corrected chi connectivity index (χ4v) is 2.55. The molecule has 0 unspecified atom stereocenters. The normalized spacial score (nSPS) is 10.3. The average molecular weight is 277 g/mol. The topological polar surface area (TPSA) is 46.2 Å². The van der Waals surface area contributed by atoms with Crippen LogP contribution >= 0.6 is 11.3 Å². The number of hydrogen-bond acceptors (Lipinski definition) is 3. The van der Waals surface area contributed by atoms with Crippen molar-refractivity contribution < 1.29 is 14.0 Å².